The van der Waals surface area contributed by atoms with Gasteiger partial charge in [-0.1, -0.05) is 6.07 Å². The summed E-state index contributed by atoms with van der Waals surface area (Å²) in [7, 11) is 1.75. The Morgan fingerprint density at radius 2 is 2.31 bits per heavy atom. The zero-order chi connectivity index (χ0) is 11.5. The molecule has 0 fully saturated rings. The second-order valence-corrected chi connectivity index (χ2v) is 3.22. The summed E-state index contributed by atoms with van der Waals surface area (Å²) in [5, 5.41) is 2.45. The second kappa shape index (κ2) is 4.09. The number of pyridine rings is 1. The summed E-state index contributed by atoms with van der Waals surface area (Å²) in [4.78, 5) is 19.0. The largest absolute Gasteiger partial charge is 0.340 e. The Balaban J connectivity index is 2.13. The van der Waals surface area contributed by atoms with Crippen molar-refractivity contribution in [3.05, 3.63) is 42.4 Å². The molecule has 2 heterocycles. The van der Waals surface area contributed by atoms with Crippen LogP contribution < -0.4 is 5.32 Å². The van der Waals surface area contributed by atoms with Crippen molar-refractivity contribution in [2.24, 2.45) is 7.05 Å². The first kappa shape index (κ1) is 10.3. The van der Waals surface area contributed by atoms with Crippen LogP contribution in [0.15, 0.2) is 30.7 Å². The first-order valence-corrected chi connectivity index (χ1v) is 4.57. The minimum absolute atomic E-state index is 0.163. The first-order chi connectivity index (χ1) is 7.65. The second-order valence-electron chi connectivity index (χ2n) is 3.22. The molecule has 16 heavy (non-hydrogen) atoms. The van der Waals surface area contributed by atoms with E-state index in [1.165, 1.54) is 24.5 Å². The predicted octanol–water partition coefficient (Wildman–Crippen LogP) is 1.21. The minimum Gasteiger partial charge on any atom is -0.340 e. The molecular weight excluding hydrogens is 211 g/mol. The highest BCUT2D eigenvalue weighted by Crippen LogP contribution is 2.05. The van der Waals surface area contributed by atoms with E-state index in [0.29, 0.717) is 0 Å². The number of halogens is 1. The van der Waals surface area contributed by atoms with Crippen LogP contribution in [-0.4, -0.2) is 20.4 Å². The summed E-state index contributed by atoms with van der Waals surface area (Å²) in [6.07, 6.45) is 3.07. The van der Waals surface area contributed by atoms with Gasteiger partial charge in [-0.25, -0.2) is 9.97 Å². The molecule has 1 N–H and O–H groups in total. The molecule has 0 unspecified atom stereocenters. The number of aromatic nitrogens is 3. The zero-order valence-corrected chi connectivity index (χ0v) is 8.51. The molecule has 0 saturated heterocycles. The third-order valence-electron chi connectivity index (χ3n) is 1.89. The number of carbonyl (C=O) groups is 1. The summed E-state index contributed by atoms with van der Waals surface area (Å²) in [5.41, 5.74) is 0.258. The lowest BCUT2D eigenvalue weighted by molar-refractivity contribution is 0.102. The average molecular weight is 220 g/mol. The highest BCUT2D eigenvalue weighted by Gasteiger charge is 2.09. The SMILES string of the molecule is Cn1cnc(C(=O)Nc2cccc(F)n2)c1. The van der Waals surface area contributed by atoms with Crippen molar-refractivity contribution in [2.75, 3.05) is 5.32 Å². The summed E-state index contributed by atoms with van der Waals surface area (Å²) in [5.74, 6) is -0.895. The van der Waals surface area contributed by atoms with Crippen molar-refractivity contribution in [2.45, 2.75) is 0 Å². The van der Waals surface area contributed by atoms with Crippen LogP contribution in [0.2, 0.25) is 0 Å². The van der Waals surface area contributed by atoms with Crippen LogP contribution >= 0.6 is 0 Å². The van der Waals surface area contributed by atoms with Gasteiger partial charge in [-0.15, -0.1) is 0 Å². The summed E-state index contributed by atoms with van der Waals surface area (Å²) in [6, 6.07) is 4.18. The Morgan fingerprint density at radius 1 is 1.50 bits per heavy atom. The molecule has 2 aromatic heterocycles. The Hall–Kier alpha value is -2.24. The summed E-state index contributed by atoms with van der Waals surface area (Å²) >= 11 is 0. The normalized spacial score (nSPS) is 10.1. The van der Waals surface area contributed by atoms with Crippen molar-refractivity contribution in [1.82, 2.24) is 14.5 Å². The number of aryl methyl sites for hydroxylation is 1. The number of anilines is 1. The van der Waals surface area contributed by atoms with Gasteiger partial charge in [0.15, 0.2) is 0 Å². The van der Waals surface area contributed by atoms with E-state index in [2.05, 4.69) is 15.3 Å². The zero-order valence-electron chi connectivity index (χ0n) is 8.51. The van der Waals surface area contributed by atoms with Gasteiger partial charge in [0.2, 0.25) is 5.95 Å². The number of amides is 1. The Labute approximate surface area is 91.0 Å². The number of nitrogens with one attached hydrogen (secondary N) is 1. The molecule has 0 aromatic carbocycles. The van der Waals surface area contributed by atoms with Gasteiger partial charge in [-0.05, 0) is 12.1 Å². The molecule has 1 amide bonds. The molecule has 0 saturated carbocycles. The monoisotopic (exact) mass is 220 g/mol. The Morgan fingerprint density at radius 3 is 2.94 bits per heavy atom. The van der Waals surface area contributed by atoms with Gasteiger partial charge in [0.1, 0.15) is 11.5 Å². The van der Waals surface area contributed by atoms with Crippen molar-refractivity contribution in [1.29, 1.82) is 0 Å². The Bertz CT molecular complexity index is 523. The molecule has 0 atom stereocenters. The number of carbonyl (C=O) groups excluding carboxylic acids is 1. The van der Waals surface area contributed by atoms with E-state index in [0.717, 1.165) is 0 Å². The van der Waals surface area contributed by atoms with Crippen molar-refractivity contribution < 1.29 is 9.18 Å². The van der Waals surface area contributed by atoms with Crippen molar-refractivity contribution in [3.63, 3.8) is 0 Å². The standard InChI is InChI=1S/C10H9FN4O/c1-15-5-7(12-6-15)10(16)14-9-4-2-3-8(11)13-9/h2-6H,1H3,(H,13,14,16). The number of nitrogens with zero attached hydrogens (tertiary/aromatic N) is 3. The molecule has 6 heteroatoms. The quantitative estimate of drug-likeness (QED) is 0.774. The molecule has 0 aliphatic heterocycles. The van der Waals surface area contributed by atoms with Crippen LogP contribution in [0.3, 0.4) is 0 Å². The van der Waals surface area contributed by atoms with Crippen LogP contribution in [0, 0.1) is 5.95 Å². The van der Waals surface area contributed by atoms with Crippen LogP contribution in [0.4, 0.5) is 10.2 Å². The lowest BCUT2D eigenvalue weighted by Gasteiger charge is -2.01. The van der Waals surface area contributed by atoms with E-state index in [1.807, 2.05) is 0 Å². The molecule has 5 nitrogen and oxygen atoms in total. The predicted molar refractivity (Wildman–Crippen MR) is 55.4 cm³/mol. The van der Waals surface area contributed by atoms with Gasteiger partial charge in [-0.3, -0.25) is 4.79 Å². The molecule has 0 bridgehead atoms. The first-order valence-electron chi connectivity index (χ1n) is 4.57. The molecule has 82 valence electrons. The molecule has 0 spiro atoms. The third-order valence-corrected chi connectivity index (χ3v) is 1.89. The van der Waals surface area contributed by atoms with Crippen LogP contribution in [0.1, 0.15) is 10.5 Å². The van der Waals surface area contributed by atoms with Crippen molar-refractivity contribution >= 4 is 11.7 Å². The summed E-state index contributed by atoms with van der Waals surface area (Å²) < 4.78 is 14.4. The fourth-order valence-corrected chi connectivity index (χ4v) is 1.19. The maximum atomic E-state index is 12.7. The minimum atomic E-state index is -0.640. The highest BCUT2D eigenvalue weighted by atomic mass is 19.1. The maximum absolute atomic E-state index is 12.7. The van der Waals surface area contributed by atoms with Gasteiger partial charge >= 0.3 is 0 Å². The maximum Gasteiger partial charge on any atom is 0.276 e. The topological polar surface area (TPSA) is 59.8 Å². The fourth-order valence-electron chi connectivity index (χ4n) is 1.19. The fraction of sp³-hybridized carbons (Fsp3) is 0.100. The van der Waals surface area contributed by atoms with Gasteiger partial charge in [0, 0.05) is 13.2 Å². The molecule has 0 radical (unpaired) electrons. The molecular formula is C10H9FN4O. The smallest absolute Gasteiger partial charge is 0.276 e. The van der Waals surface area contributed by atoms with E-state index in [-0.39, 0.29) is 11.5 Å². The van der Waals surface area contributed by atoms with Crippen LogP contribution in [0.25, 0.3) is 0 Å². The number of hydrogen-bond acceptors (Lipinski definition) is 3. The van der Waals surface area contributed by atoms with Gasteiger partial charge in [-0.2, -0.15) is 4.39 Å². The number of rotatable bonds is 2. The van der Waals surface area contributed by atoms with E-state index in [9.17, 15) is 9.18 Å². The van der Waals surface area contributed by atoms with Crippen LogP contribution in [0.5, 0.6) is 0 Å². The van der Waals surface area contributed by atoms with E-state index >= 15 is 0 Å². The number of hydrogen-bond donors (Lipinski definition) is 1. The average Bonchev–Trinajstić information content (AvgIpc) is 2.65. The third kappa shape index (κ3) is 2.22. The van der Waals surface area contributed by atoms with Gasteiger partial charge in [0.25, 0.3) is 5.91 Å². The molecule has 2 rings (SSSR count). The molecule has 0 aliphatic rings. The highest BCUT2D eigenvalue weighted by molar-refractivity contribution is 6.02. The lowest BCUT2D eigenvalue weighted by Crippen LogP contribution is -2.13. The lowest BCUT2D eigenvalue weighted by atomic mass is 10.4. The number of imidazole rings is 1. The summed E-state index contributed by atoms with van der Waals surface area (Å²) in [6.45, 7) is 0. The van der Waals surface area contributed by atoms with E-state index in [4.69, 9.17) is 0 Å². The molecule has 2 aromatic rings. The van der Waals surface area contributed by atoms with E-state index in [1.54, 1.807) is 17.8 Å². The van der Waals surface area contributed by atoms with Crippen LogP contribution in [-0.2, 0) is 7.05 Å². The van der Waals surface area contributed by atoms with Crippen molar-refractivity contribution in [3.8, 4) is 0 Å². The van der Waals surface area contributed by atoms with Gasteiger partial charge in [0.05, 0.1) is 6.33 Å². The van der Waals surface area contributed by atoms with E-state index < -0.39 is 11.9 Å². The van der Waals surface area contributed by atoms with Gasteiger partial charge < -0.3 is 9.88 Å². The molecule has 0 aliphatic carbocycles. The Kier molecular flexibility index (Phi) is 2.63.